The van der Waals surface area contributed by atoms with Gasteiger partial charge in [0.05, 0.1) is 7.11 Å². The maximum atomic E-state index is 12.2. The number of hydrogen-bond acceptors (Lipinski definition) is 5. The van der Waals surface area contributed by atoms with E-state index in [0.717, 1.165) is 19.3 Å². The van der Waals surface area contributed by atoms with Gasteiger partial charge in [0.25, 0.3) is 11.7 Å². The number of unbranched alkanes of at least 4 members (excludes halogenated alkanes) is 5. The van der Waals surface area contributed by atoms with Gasteiger partial charge in [0.1, 0.15) is 11.8 Å². The van der Waals surface area contributed by atoms with Crippen LogP contribution in [0.25, 0.3) is 0 Å². The Kier molecular flexibility index (Phi) is 6.60. The highest BCUT2D eigenvalue weighted by Gasteiger charge is 2.52. The van der Waals surface area contributed by atoms with Gasteiger partial charge in [-0.1, -0.05) is 51.2 Å². The average molecular weight is 336 g/mol. The summed E-state index contributed by atoms with van der Waals surface area (Å²) < 4.78 is 5.10. The van der Waals surface area contributed by atoms with E-state index in [0.29, 0.717) is 17.9 Å². The molecule has 3 N–H and O–H groups in total. The van der Waals surface area contributed by atoms with Crippen LogP contribution >= 0.6 is 0 Å². The normalized spacial score (nSPS) is 19.8. The zero-order valence-electron chi connectivity index (χ0n) is 14.5. The summed E-state index contributed by atoms with van der Waals surface area (Å²) in [7, 11) is 1.57. The highest BCUT2D eigenvalue weighted by Crippen LogP contribution is 2.32. The Morgan fingerprint density at radius 1 is 1.12 bits per heavy atom. The standard InChI is InChI=1S/C18H28N2O4/c1-3-4-5-6-7-8-13-20-17(21)18(22,23)16(19-20)14-9-11-15(24-2)12-10-14/h9-12,16,19,22-23H,3-8,13H2,1-2H3. The van der Waals surface area contributed by atoms with E-state index in [9.17, 15) is 15.0 Å². The number of carbonyl (C=O) groups excluding carboxylic acids is 1. The smallest absolute Gasteiger partial charge is 0.298 e. The van der Waals surface area contributed by atoms with Crippen LogP contribution in [-0.4, -0.2) is 40.6 Å². The fourth-order valence-electron chi connectivity index (χ4n) is 2.95. The lowest BCUT2D eigenvalue weighted by Gasteiger charge is -2.20. The van der Waals surface area contributed by atoms with Gasteiger partial charge in [0, 0.05) is 6.54 Å². The summed E-state index contributed by atoms with van der Waals surface area (Å²) >= 11 is 0. The number of hydrogen-bond donors (Lipinski definition) is 3. The van der Waals surface area contributed by atoms with Gasteiger partial charge in [-0.05, 0) is 24.1 Å². The molecule has 1 fully saturated rings. The Hall–Kier alpha value is -1.63. The van der Waals surface area contributed by atoms with Gasteiger partial charge in [-0.15, -0.1) is 0 Å². The van der Waals surface area contributed by atoms with Crippen LogP contribution in [0.2, 0.25) is 0 Å². The Morgan fingerprint density at radius 2 is 1.75 bits per heavy atom. The van der Waals surface area contributed by atoms with Crippen molar-refractivity contribution in [1.29, 1.82) is 0 Å². The van der Waals surface area contributed by atoms with Crippen molar-refractivity contribution in [2.24, 2.45) is 0 Å². The van der Waals surface area contributed by atoms with Crippen molar-refractivity contribution in [3.63, 3.8) is 0 Å². The van der Waals surface area contributed by atoms with Gasteiger partial charge < -0.3 is 14.9 Å². The van der Waals surface area contributed by atoms with Crippen molar-refractivity contribution >= 4 is 5.91 Å². The van der Waals surface area contributed by atoms with E-state index < -0.39 is 17.7 Å². The molecular weight excluding hydrogens is 308 g/mol. The lowest BCUT2D eigenvalue weighted by molar-refractivity contribution is -0.186. The quantitative estimate of drug-likeness (QED) is 0.475. The molecule has 134 valence electrons. The predicted molar refractivity (Wildman–Crippen MR) is 91.1 cm³/mol. The van der Waals surface area contributed by atoms with Crippen LogP contribution in [0.4, 0.5) is 0 Å². The first-order chi connectivity index (χ1) is 11.5. The Morgan fingerprint density at radius 3 is 2.38 bits per heavy atom. The molecule has 1 aromatic rings. The first kappa shape index (κ1) is 18.7. The predicted octanol–water partition coefficient (Wildman–Crippen LogP) is 2.12. The number of carbonyl (C=O) groups is 1. The van der Waals surface area contributed by atoms with E-state index in [-0.39, 0.29) is 0 Å². The second-order valence-electron chi connectivity index (χ2n) is 6.29. The minimum absolute atomic E-state index is 0.473. The number of methoxy groups -OCH3 is 1. The lowest BCUT2D eigenvalue weighted by Crippen LogP contribution is -2.42. The van der Waals surface area contributed by atoms with Crippen LogP contribution in [0.3, 0.4) is 0 Å². The summed E-state index contributed by atoms with van der Waals surface area (Å²) in [6.45, 7) is 2.65. The number of aliphatic hydroxyl groups is 2. The number of nitrogens with zero attached hydrogens (tertiary/aromatic N) is 1. The molecule has 1 aliphatic heterocycles. The molecule has 1 aliphatic rings. The number of nitrogens with one attached hydrogen (secondary N) is 1. The Labute approximate surface area is 143 Å². The molecule has 24 heavy (non-hydrogen) atoms. The molecule has 2 rings (SSSR count). The van der Waals surface area contributed by atoms with Crippen LogP contribution in [-0.2, 0) is 4.79 Å². The van der Waals surface area contributed by atoms with Gasteiger partial charge in [0.15, 0.2) is 0 Å². The summed E-state index contributed by atoms with van der Waals surface area (Å²) in [5.41, 5.74) is 3.55. The summed E-state index contributed by atoms with van der Waals surface area (Å²) in [6, 6.07) is 6.02. The fourth-order valence-corrected chi connectivity index (χ4v) is 2.95. The second-order valence-corrected chi connectivity index (χ2v) is 6.29. The minimum atomic E-state index is -2.43. The third-order valence-electron chi connectivity index (χ3n) is 4.43. The molecule has 0 radical (unpaired) electrons. The first-order valence-corrected chi connectivity index (χ1v) is 8.67. The van der Waals surface area contributed by atoms with Crippen molar-refractivity contribution in [3.05, 3.63) is 29.8 Å². The number of hydrazine groups is 1. The molecule has 0 saturated carbocycles. The lowest BCUT2D eigenvalue weighted by atomic mass is 10.00. The largest absolute Gasteiger partial charge is 0.497 e. The van der Waals surface area contributed by atoms with Crippen LogP contribution in [0, 0.1) is 0 Å². The molecule has 1 saturated heterocycles. The average Bonchev–Trinajstić information content (AvgIpc) is 2.81. The molecule has 1 heterocycles. The highest BCUT2D eigenvalue weighted by atomic mass is 16.5. The Balaban J connectivity index is 1.93. The summed E-state index contributed by atoms with van der Waals surface area (Å²) in [5, 5.41) is 21.8. The van der Waals surface area contributed by atoms with E-state index in [1.807, 2.05) is 0 Å². The van der Waals surface area contributed by atoms with Gasteiger partial charge in [-0.2, -0.15) is 0 Å². The summed E-state index contributed by atoms with van der Waals surface area (Å²) in [4.78, 5) is 12.2. The summed E-state index contributed by atoms with van der Waals surface area (Å²) in [6.07, 6.45) is 6.65. The van der Waals surface area contributed by atoms with Crippen molar-refractivity contribution in [2.75, 3.05) is 13.7 Å². The first-order valence-electron chi connectivity index (χ1n) is 8.67. The molecule has 1 amide bonds. The SMILES string of the molecule is CCCCCCCCN1NC(c2ccc(OC)cc2)C(O)(O)C1=O. The van der Waals surface area contributed by atoms with Crippen LogP contribution in [0.15, 0.2) is 24.3 Å². The molecule has 0 aromatic heterocycles. The van der Waals surface area contributed by atoms with Gasteiger partial charge in [-0.25, -0.2) is 5.43 Å². The monoisotopic (exact) mass is 336 g/mol. The molecule has 1 unspecified atom stereocenters. The van der Waals surface area contributed by atoms with E-state index >= 15 is 0 Å². The van der Waals surface area contributed by atoms with Crippen molar-refractivity contribution in [2.45, 2.75) is 57.3 Å². The van der Waals surface area contributed by atoms with E-state index in [2.05, 4.69) is 12.3 Å². The topological polar surface area (TPSA) is 82.0 Å². The molecular formula is C18H28N2O4. The van der Waals surface area contributed by atoms with E-state index in [1.165, 1.54) is 24.3 Å². The van der Waals surface area contributed by atoms with Crippen LogP contribution < -0.4 is 10.2 Å². The Bertz CT molecular complexity index is 530. The molecule has 0 spiro atoms. The molecule has 6 nitrogen and oxygen atoms in total. The molecule has 1 aromatic carbocycles. The highest BCUT2D eigenvalue weighted by molar-refractivity contribution is 5.86. The van der Waals surface area contributed by atoms with Crippen molar-refractivity contribution in [3.8, 4) is 5.75 Å². The minimum Gasteiger partial charge on any atom is -0.497 e. The van der Waals surface area contributed by atoms with Crippen LogP contribution in [0.5, 0.6) is 5.75 Å². The number of amides is 1. The van der Waals surface area contributed by atoms with E-state index in [4.69, 9.17) is 4.74 Å². The number of rotatable bonds is 9. The molecule has 0 aliphatic carbocycles. The molecule has 1 atom stereocenters. The number of benzene rings is 1. The fraction of sp³-hybridized carbons (Fsp3) is 0.611. The molecule has 0 bridgehead atoms. The van der Waals surface area contributed by atoms with Crippen molar-refractivity contribution in [1.82, 2.24) is 10.4 Å². The maximum absolute atomic E-state index is 12.2. The third kappa shape index (κ3) is 4.26. The number of ether oxygens (including phenoxy) is 1. The van der Waals surface area contributed by atoms with Crippen molar-refractivity contribution < 1.29 is 19.7 Å². The van der Waals surface area contributed by atoms with Crippen LogP contribution in [0.1, 0.15) is 57.1 Å². The zero-order chi connectivity index (χ0) is 17.6. The second kappa shape index (κ2) is 8.46. The zero-order valence-corrected chi connectivity index (χ0v) is 14.5. The van der Waals surface area contributed by atoms with Gasteiger partial charge in [-0.3, -0.25) is 9.80 Å². The third-order valence-corrected chi connectivity index (χ3v) is 4.43. The van der Waals surface area contributed by atoms with Gasteiger partial charge in [0.2, 0.25) is 0 Å². The summed E-state index contributed by atoms with van der Waals surface area (Å²) in [5.74, 6) is -2.46. The van der Waals surface area contributed by atoms with E-state index in [1.54, 1.807) is 31.4 Å². The maximum Gasteiger partial charge on any atom is 0.298 e. The van der Waals surface area contributed by atoms with Gasteiger partial charge >= 0.3 is 0 Å². The molecule has 6 heteroatoms.